The third-order valence-corrected chi connectivity index (χ3v) is 9.35. The lowest BCUT2D eigenvalue weighted by Crippen LogP contribution is -2.36. The summed E-state index contributed by atoms with van der Waals surface area (Å²) >= 11 is 0. The van der Waals surface area contributed by atoms with Gasteiger partial charge in [-0.05, 0) is 76.9 Å². The Hall–Kier alpha value is -1.70. The second kappa shape index (κ2) is 10.9. The zero-order chi connectivity index (χ0) is 24.3. The molecule has 1 aromatic heterocycles. The second-order valence-corrected chi connectivity index (χ2v) is 14.7. The van der Waals surface area contributed by atoms with E-state index >= 15 is 0 Å². The van der Waals surface area contributed by atoms with Crippen LogP contribution in [0.3, 0.4) is 0 Å². The molecule has 34 heavy (non-hydrogen) atoms. The fourth-order valence-electron chi connectivity index (χ4n) is 4.75. The van der Waals surface area contributed by atoms with Crippen molar-refractivity contribution in [3.63, 3.8) is 0 Å². The van der Waals surface area contributed by atoms with E-state index in [4.69, 9.17) is 4.74 Å². The van der Waals surface area contributed by atoms with Gasteiger partial charge in [0.25, 0.3) is 0 Å². The van der Waals surface area contributed by atoms with Gasteiger partial charge in [0.05, 0.1) is 6.61 Å². The van der Waals surface area contributed by atoms with Crippen molar-refractivity contribution < 1.29 is 17.7 Å². The quantitative estimate of drug-likeness (QED) is 0.328. The van der Waals surface area contributed by atoms with Crippen molar-refractivity contribution >= 4 is 24.1 Å². The summed E-state index contributed by atoms with van der Waals surface area (Å²) in [5.74, 6) is -0.210. The zero-order valence-electron chi connectivity index (χ0n) is 20.0. The van der Waals surface area contributed by atoms with E-state index in [2.05, 4.69) is 30.2 Å². The van der Waals surface area contributed by atoms with Crippen molar-refractivity contribution in [2.24, 2.45) is 5.92 Å². The van der Waals surface area contributed by atoms with Crippen LogP contribution in [0.2, 0.25) is 0 Å². The standard InChI is InChI=1S/C24H35F2N4O2PS/c1-3-17-14-27-24(28-15-17)29-9-6-18(7-10-29)5-4-12-32-23-21(25)13-19-16-30(34(2,31)33)11-8-20(19)22(23)26/h13-15,18,34H,3-12,16,33H2,1-2H3. The lowest BCUT2D eigenvalue weighted by molar-refractivity contribution is 0.256. The molecule has 0 radical (unpaired) electrons. The molecular weight excluding hydrogens is 477 g/mol. The second-order valence-electron chi connectivity index (χ2n) is 9.39. The highest BCUT2D eigenvalue weighted by Gasteiger charge is 2.28. The van der Waals surface area contributed by atoms with Crippen LogP contribution in [0.5, 0.6) is 5.75 Å². The first kappa shape index (κ1) is 25.4. The van der Waals surface area contributed by atoms with Crippen molar-refractivity contribution in [2.75, 3.05) is 37.4 Å². The highest BCUT2D eigenvalue weighted by molar-refractivity contribution is 8.43. The third kappa shape index (κ3) is 5.92. The van der Waals surface area contributed by atoms with Gasteiger partial charge in [0.1, 0.15) is 0 Å². The van der Waals surface area contributed by atoms with Crippen LogP contribution < -0.4 is 9.64 Å². The average Bonchev–Trinajstić information content (AvgIpc) is 2.83. The number of halogens is 2. The summed E-state index contributed by atoms with van der Waals surface area (Å²) in [6.07, 6.45) is 10.6. The summed E-state index contributed by atoms with van der Waals surface area (Å²) in [5, 5.41) is 0. The highest BCUT2D eigenvalue weighted by atomic mass is 32.8. The number of hydrogen-bond donors (Lipinski definition) is 1. The molecule has 3 heterocycles. The molecule has 188 valence electrons. The first-order valence-electron chi connectivity index (χ1n) is 12.1. The Morgan fingerprint density at radius 1 is 1.21 bits per heavy atom. The molecule has 2 aliphatic heterocycles. The van der Waals surface area contributed by atoms with Crippen molar-refractivity contribution in [2.45, 2.75) is 52.0 Å². The maximum atomic E-state index is 15.0. The molecule has 10 heteroatoms. The van der Waals surface area contributed by atoms with Gasteiger partial charge >= 0.3 is 0 Å². The number of hydrogen-bond acceptors (Lipinski definition) is 5. The van der Waals surface area contributed by atoms with Gasteiger partial charge in [-0.1, -0.05) is 15.4 Å². The van der Waals surface area contributed by atoms with Crippen LogP contribution in [0.1, 0.15) is 49.3 Å². The number of nitrogens with zero attached hydrogens (tertiary/aromatic N) is 4. The van der Waals surface area contributed by atoms with Crippen molar-refractivity contribution in [1.82, 2.24) is 14.3 Å². The minimum Gasteiger partial charge on any atom is -0.488 e. The zero-order valence-corrected chi connectivity index (χ0v) is 22.0. The summed E-state index contributed by atoms with van der Waals surface area (Å²) in [7, 11) is -0.178. The minimum absolute atomic E-state index is 0.278. The van der Waals surface area contributed by atoms with Gasteiger partial charge in [-0.15, -0.1) is 0 Å². The Balaban J connectivity index is 1.25. The van der Waals surface area contributed by atoms with Crippen LogP contribution in [0.15, 0.2) is 18.5 Å². The van der Waals surface area contributed by atoms with Crippen LogP contribution in [-0.2, 0) is 29.1 Å². The molecule has 1 saturated heterocycles. The number of aryl methyl sites for hydroxylation is 1. The molecule has 1 aromatic carbocycles. The first-order chi connectivity index (χ1) is 16.3. The summed E-state index contributed by atoms with van der Waals surface area (Å²) in [6, 6.07) is 1.34. The van der Waals surface area contributed by atoms with Gasteiger partial charge in [-0.2, -0.15) is 0 Å². The van der Waals surface area contributed by atoms with Gasteiger partial charge in [0.15, 0.2) is 17.4 Å². The highest BCUT2D eigenvalue weighted by Crippen LogP contribution is 2.34. The van der Waals surface area contributed by atoms with E-state index in [1.54, 1.807) is 10.6 Å². The number of aromatic nitrogens is 2. The molecule has 0 N–H and O–H groups in total. The summed E-state index contributed by atoms with van der Waals surface area (Å²) in [6.45, 7) is 4.99. The summed E-state index contributed by atoms with van der Waals surface area (Å²) < 4.78 is 49.3. The number of rotatable bonds is 8. The van der Waals surface area contributed by atoms with Gasteiger partial charge in [-0.3, -0.25) is 4.21 Å². The molecule has 4 rings (SSSR count). The maximum absolute atomic E-state index is 15.0. The maximum Gasteiger partial charge on any atom is 0.225 e. The molecule has 0 aliphatic carbocycles. The van der Waals surface area contributed by atoms with E-state index < -0.39 is 21.4 Å². The number of fused-ring (bicyclic) bond motifs is 1. The number of anilines is 1. The van der Waals surface area contributed by atoms with E-state index in [0.717, 1.165) is 56.7 Å². The van der Waals surface area contributed by atoms with Gasteiger partial charge in [-0.25, -0.2) is 23.1 Å². The first-order valence-corrected chi connectivity index (χ1v) is 15.8. The van der Waals surface area contributed by atoms with Crippen molar-refractivity contribution in [3.05, 3.63) is 46.8 Å². The normalized spacial score (nSPS) is 18.1. The number of thiol groups is 1. The lowest BCUT2D eigenvalue weighted by atomic mass is 9.92. The van der Waals surface area contributed by atoms with Crippen LogP contribution in [0.25, 0.3) is 0 Å². The molecule has 1 fully saturated rings. The SMILES string of the molecule is CCc1cnc(N2CCC(CCCOc3c(F)cc4c(c3F)CCN([SH](C)(=O)P)C4)CC2)nc1. The Morgan fingerprint density at radius 2 is 1.91 bits per heavy atom. The van der Waals surface area contributed by atoms with E-state index in [-0.39, 0.29) is 18.9 Å². The molecule has 2 aromatic rings. The van der Waals surface area contributed by atoms with Crippen LogP contribution in [0.4, 0.5) is 14.7 Å². The molecule has 0 saturated carbocycles. The molecule has 0 bridgehead atoms. The van der Waals surface area contributed by atoms with Crippen molar-refractivity contribution in [3.8, 4) is 5.75 Å². The van der Waals surface area contributed by atoms with Gasteiger partial charge in [0, 0.05) is 44.8 Å². The molecule has 1 unspecified atom stereocenters. The molecule has 1 atom stereocenters. The Bertz CT molecular complexity index is 1040. The van der Waals surface area contributed by atoms with E-state index in [0.29, 0.717) is 30.0 Å². The lowest BCUT2D eigenvalue weighted by Gasteiger charge is -2.35. The molecule has 6 nitrogen and oxygen atoms in total. The fourth-order valence-corrected chi connectivity index (χ4v) is 6.27. The summed E-state index contributed by atoms with van der Waals surface area (Å²) in [4.78, 5) is 11.2. The monoisotopic (exact) mass is 512 g/mol. The van der Waals surface area contributed by atoms with Gasteiger partial charge < -0.3 is 9.64 Å². The Kier molecular flexibility index (Phi) is 8.16. The predicted octanol–water partition coefficient (Wildman–Crippen LogP) is 4.10. The topological polar surface area (TPSA) is 58.6 Å². The molecular formula is C24H35F2N4O2PS. The average molecular weight is 513 g/mol. The van der Waals surface area contributed by atoms with E-state index in [1.165, 1.54) is 6.07 Å². The van der Waals surface area contributed by atoms with E-state index in [9.17, 15) is 13.0 Å². The van der Waals surface area contributed by atoms with Crippen LogP contribution >= 0.6 is 8.44 Å². The third-order valence-electron chi connectivity index (χ3n) is 6.90. The number of ether oxygens (including phenoxy) is 1. The minimum atomic E-state index is -2.54. The Labute approximate surface area is 204 Å². The summed E-state index contributed by atoms with van der Waals surface area (Å²) in [5.41, 5.74) is 2.17. The molecule has 2 aliphatic rings. The largest absolute Gasteiger partial charge is 0.488 e. The smallest absolute Gasteiger partial charge is 0.225 e. The van der Waals surface area contributed by atoms with Gasteiger partial charge in [0.2, 0.25) is 5.95 Å². The van der Waals surface area contributed by atoms with Crippen LogP contribution in [0, 0.1) is 17.6 Å². The Morgan fingerprint density at radius 3 is 2.56 bits per heavy atom. The predicted molar refractivity (Wildman–Crippen MR) is 137 cm³/mol. The molecule has 0 spiro atoms. The fraction of sp³-hybridized carbons (Fsp3) is 0.583. The van der Waals surface area contributed by atoms with Crippen LogP contribution in [-0.4, -0.2) is 51.0 Å². The van der Waals surface area contributed by atoms with Crippen molar-refractivity contribution in [1.29, 1.82) is 0 Å². The molecule has 0 amide bonds. The number of benzene rings is 1. The number of piperidine rings is 1. The van der Waals surface area contributed by atoms with E-state index in [1.807, 2.05) is 12.4 Å².